The molecule has 0 aliphatic heterocycles. The van der Waals surface area contributed by atoms with Gasteiger partial charge < -0.3 is 9.64 Å². The van der Waals surface area contributed by atoms with E-state index < -0.39 is 0 Å². The Hall–Kier alpha value is -2.88. The maximum absolute atomic E-state index is 13.7. The molecule has 0 saturated carbocycles. The number of halogens is 1. The van der Waals surface area contributed by atoms with Crippen molar-refractivity contribution in [2.75, 3.05) is 20.7 Å². The summed E-state index contributed by atoms with van der Waals surface area (Å²) >= 11 is 0. The van der Waals surface area contributed by atoms with Crippen LogP contribution in [0.1, 0.15) is 5.56 Å². The summed E-state index contributed by atoms with van der Waals surface area (Å²) in [7, 11) is 3.39. The molecule has 0 radical (unpaired) electrons. The zero-order valence-corrected chi connectivity index (χ0v) is 14.5. The van der Waals surface area contributed by atoms with Gasteiger partial charge in [0.15, 0.2) is 6.61 Å². The molecule has 0 fully saturated rings. The number of aryl methyl sites for hydroxylation is 1. The summed E-state index contributed by atoms with van der Waals surface area (Å²) in [5, 5.41) is 1.86. The highest BCUT2D eigenvalue weighted by Gasteiger charge is 2.12. The number of rotatable bonds is 4. The molecular weight excluding hydrogens is 317 g/mol. The van der Waals surface area contributed by atoms with Gasteiger partial charge in [-0.15, -0.1) is 0 Å². The van der Waals surface area contributed by atoms with Gasteiger partial charge in [0.05, 0.1) is 0 Å². The summed E-state index contributed by atoms with van der Waals surface area (Å²) < 4.78 is 19.5. The molecule has 128 valence electrons. The van der Waals surface area contributed by atoms with Gasteiger partial charge in [0.25, 0.3) is 5.91 Å². The zero-order valence-electron chi connectivity index (χ0n) is 14.5. The first-order chi connectivity index (χ1) is 12.0. The van der Waals surface area contributed by atoms with E-state index in [1.165, 1.54) is 11.0 Å². The Kier molecular flexibility index (Phi) is 4.70. The SMILES string of the molecule is Cc1ccc(F)cc1-c1ccc(OCC(=O)N(C)C)c2ccccc12. The molecule has 0 heterocycles. The second-order valence-corrected chi connectivity index (χ2v) is 6.19. The monoisotopic (exact) mass is 337 g/mol. The molecule has 25 heavy (non-hydrogen) atoms. The fourth-order valence-electron chi connectivity index (χ4n) is 2.79. The van der Waals surface area contributed by atoms with Crippen molar-refractivity contribution in [2.45, 2.75) is 6.92 Å². The normalized spacial score (nSPS) is 10.7. The molecule has 0 aliphatic carbocycles. The van der Waals surface area contributed by atoms with Crippen molar-refractivity contribution in [1.29, 1.82) is 0 Å². The zero-order chi connectivity index (χ0) is 18.0. The van der Waals surface area contributed by atoms with Crippen LogP contribution in [-0.2, 0) is 4.79 Å². The van der Waals surface area contributed by atoms with Gasteiger partial charge in [-0.3, -0.25) is 4.79 Å². The van der Waals surface area contributed by atoms with E-state index in [1.807, 2.05) is 43.3 Å². The summed E-state index contributed by atoms with van der Waals surface area (Å²) in [6.45, 7) is 1.94. The minimum absolute atomic E-state index is 0.0185. The number of benzene rings is 3. The molecule has 3 aromatic carbocycles. The molecule has 3 rings (SSSR count). The molecule has 0 atom stereocenters. The molecule has 0 spiro atoms. The third-order valence-electron chi connectivity index (χ3n) is 4.22. The molecule has 3 nitrogen and oxygen atoms in total. The first kappa shape index (κ1) is 17.0. The summed E-state index contributed by atoms with van der Waals surface area (Å²) in [5.41, 5.74) is 2.80. The molecular formula is C21H20FNO2. The van der Waals surface area contributed by atoms with Crippen molar-refractivity contribution in [3.63, 3.8) is 0 Å². The van der Waals surface area contributed by atoms with Gasteiger partial charge in [0.2, 0.25) is 0 Å². The van der Waals surface area contributed by atoms with Crippen LogP contribution in [0.2, 0.25) is 0 Å². The first-order valence-corrected chi connectivity index (χ1v) is 8.08. The molecule has 3 aromatic rings. The fourth-order valence-corrected chi connectivity index (χ4v) is 2.79. The Balaban J connectivity index is 2.07. The van der Waals surface area contributed by atoms with Gasteiger partial charge in [-0.05, 0) is 47.2 Å². The van der Waals surface area contributed by atoms with E-state index in [0.29, 0.717) is 5.75 Å². The van der Waals surface area contributed by atoms with E-state index in [4.69, 9.17) is 4.74 Å². The average molecular weight is 337 g/mol. The van der Waals surface area contributed by atoms with Gasteiger partial charge in [-0.25, -0.2) is 4.39 Å². The summed E-state index contributed by atoms with van der Waals surface area (Å²) in [6, 6.07) is 16.3. The van der Waals surface area contributed by atoms with E-state index in [1.54, 1.807) is 26.2 Å². The van der Waals surface area contributed by atoms with Crippen molar-refractivity contribution in [3.05, 3.63) is 66.0 Å². The Morgan fingerprint density at radius 2 is 1.72 bits per heavy atom. The minimum atomic E-state index is -0.262. The number of nitrogens with zero attached hydrogens (tertiary/aromatic N) is 1. The predicted molar refractivity (Wildman–Crippen MR) is 98.3 cm³/mol. The average Bonchev–Trinajstić information content (AvgIpc) is 2.61. The van der Waals surface area contributed by atoms with Crippen LogP contribution in [0, 0.1) is 12.7 Å². The van der Waals surface area contributed by atoms with E-state index >= 15 is 0 Å². The van der Waals surface area contributed by atoms with E-state index in [2.05, 4.69) is 0 Å². The van der Waals surface area contributed by atoms with Crippen LogP contribution in [0.4, 0.5) is 4.39 Å². The topological polar surface area (TPSA) is 29.5 Å². The predicted octanol–water partition coefficient (Wildman–Crippen LogP) is 4.42. The van der Waals surface area contributed by atoms with Crippen molar-refractivity contribution < 1.29 is 13.9 Å². The summed E-state index contributed by atoms with van der Waals surface area (Å²) in [4.78, 5) is 13.3. The number of hydrogen-bond acceptors (Lipinski definition) is 2. The highest BCUT2D eigenvalue weighted by Crippen LogP contribution is 2.36. The summed E-state index contributed by atoms with van der Waals surface area (Å²) in [5.74, 6) is 0.277. The maximum Gasteiger partial charge on any atom is 0.259 e. The smallest absolute Gasteiger partial charge is 0.259 e. The fraction of sp³-hybridized carbons (Fsp3) is 0.190. The Morgan fingerprint density at radius 3 is 2.44 bits per heavy atom. The number of amides is 1. The Labute approximate surface area is 146 Å². The molecule has 1 amide bonds. The lowest BCUT2D eigenvalue weighted by Gasteiger charge is -2.15. The molecule has 4 heteroatoms. The standard InChI is InChI=1S/C21H20FNO2/c1-14-8-9-15(22)12-19(14)17-10-11-20(25-13-21(24)23(2)3)18-7-5-4-6-16(17)18/h4-12H,13H2,1-3H3. The van der Waals surface area contributed by atoms with Crippen LogP contribution in [0.25, 0.3) is 21.9 Å². The maximum atomic E-state index is 13.7. The summed E-state index contributed by atoms with van der Waals surface area (Å²) in [6.07, 6.45) is 0. The highest BCUT2D eigenvalue weighted by molar-refractivity contribution is 6.00. The molecule has 0 bridgehead atoms. The largest absolute Gasteiger partial charge is 0.483 e. The van der Waals surface area contributed by atoms with Crippen LogP contribution in [-0.4, -0.2) is 31.5 Å². The van der Waals surface area contributed by atoms with Crippen molar-refractivity contribution in [3.8, 4) is 16.9 Å². The second kappa shape index (κ2) is 6.93. The number of hydrogen-bond donors (Lipinski definition) is 0. The van der Waals surface area contributed by atoms with Crippen LogP contribution in [0.3, 0.4) is 0 Å². The number of ether oxygens (including phenoxy) is 1. The third-order valence-corrected chi connectivity index (χ3v) is 4.22. The molecule has 0 aromatic heterocycles. The van der Waals surface area contributed by atoms with Gasteiger partial charge in [0.1, 0.15) is 11.6 Å². The first-order valence-electron chi connectivity index (χ1n) is 8.08. The van der Waals surface area contributed by atoms with Crippen LogP contribution in [0.5, 0.6) is 5.75 Å². The quantitative estimate of drug-likeness (QED) is 0.705. The van der Waals surface area contributed by atoms with Gasteiger partial charge in [0, 0.05) is 19.5 Å². The van der Waals surface area contributed by atoms with E-state index in [9.17, 15) is 9.18 Å². The van der Waals surface area contributed by atoms with Crippen molar-refractivity contribution >= 4 is 16.7 Å². The molecule has 0 N–H and O–H groups in total. The number of carbonyl (C=O) groups is 1. The number of carbonyl (C=O) groups excluding carboxylic acids is 1. The van der Waals surface area contributed by atoms with E-state index in [0.717, 1.165) is 27.5 Å². The van der Waals surface area contributed by atoms with Crippen molar-refractivity contribution in [2.24, 2.45) is 0 Å². The second-order valence-electron chi connectivity index (χ2n) is 6.19. The lowest BCUT2D eigenvalue weighted by molar-refractivity contribution is -0.130. The van der Waals surface area contributed by atoms with Gasteiger partial charge in [-0.1, -0.05) is 36.4 Å². The van der Waals surface area contributed by atoms with Gasteiger partial charge >= 0.3 is 0 Å². The van der Waals surface area contributed by atoms with Crippen LogP contribution >= 0.6 is 0 Å². The van der Waals surface area contributed by atoms with Gasteiger partial charge in [-0.2, -0.15) is 0 Å². The van der Waals surface area contributed by atoms with Crippen LogP contribution < -0.4 is 4.74 Å². The van der Waals surface area contributed by atoms with Crippen LogP contribution in [0.15, 0.2) is 54.6 Å². The third kappa shape index (κ3) is 3.48. The lowest BCUT2D eigenvalue weighted by atomic mass is 9.94. The number of fused-ring (bicyclic) bond motifs is 1. The van der Waals surface area contributed by atoms with E-state index in [-0.39, 0.29) is 18.3 Å². The molecule has 0 unspecified atom stereocenters. The Bertz CT molecular complexity index is 934. The Morgan fingerprint density at radius 1 is 1.00 bits per heavy atom. The minimum Gasteiger partial charge on any atom is -0.483 e. The highest BCUT2D eigenvalue weighted by atomic mass is 19.1. The molecule has 0 saturated heterocycles. The lowest BCUT2D eigenvalue weighted by Crippen LogP contribution is -2.27. The van der Waals surface area contributed by atoms with Crippen molar-refractivity contribution in [1.82, 2.24) is 4.90 Å². The molecule has 0 aliphatic rings. The number of likely N-dealkylation sites (N-methyl/N-ethyl adjacent to an activating group) is 1.